The second kappa shape index (κ2) is 2.94. The number of hydrogen-bond donors (Lipinski definition) is 1. The van der Waals surface area contributed by atoms with E-state index < -0.39 is 0 Å². The third kappa shape index (κ3) is 1.53. The third-order valence-electron chi connectivity index (χ3n) is 2.29. The van der Waals surface area contributed by atoms with Crippen LogP contribution in [0.5, 0.6) is 0 Å². The first-order valence-corrected chi connectivity index (χ1v) is 4.10. The van der Waals surface area contributed by atoms with Gasteiger partial charge < -0.3 is 15.4 Å². The van der Waals surface area contributed by atoms with Crippen molar-refractivity contribution >= 4 is 6.09 Å². The Morgan fingerprint density at radius 2 is 2.25 bits per heavy atom. The van der Waals surface area contributed by atoms with E-state index in [1.165, 1.54) is 7.11 Å². The molecule has 1 saturated heterocycles. The predicted octanol–water partition coefficient (Wildman–Crippen LogP) is 0.564. The Hall–Kier alpha value is -0.770. The van der Waals surface area contributed by atoms with Crippen molar-refractivity contribution in [2.75, 3.05) is 13.7 Å². The maximum absolute atomic E-state index is 11.1. The molecule has 1 atom stereocenters. The zero-order chi connectivity index (χ0) is 9.35. The van der Waals surface area contributed by atoms with Crippen molar-refractivity contribution in [3.05, 3.63) is 0 Å². The van der Waals surface area contributed by atoms with Crippen LogP contribution in [-0.4, -0.2) is 36.2 Å². The molecule has 0 spiro atoms. The largest absolute Gasteiger partial charge is 0.453 e. The molecule has 1 aliphatic heterocycles. The number of methoxy groups -OCH3 is 1. The van der Waals surface area contributed by atoms with E-state index in [-0.39, 0.29) is 17.7 Å². The van der Waals surface area contributed by atoms with Crippen LogP contribution in [0.1, 0.15) is 20.3 Å². The number of rotatable bonds is 1. The van der Waals surface area contributed by atoms with Gasteiger partial charge in [0.15, 0.2) is 0 Å². The van der Waals surface area contributed by atoms with Crippen molar-refractivity contribution in [3.63, 3.8) is 0 Å². The van der Waals surface area contributed by atoms with Crippen LogP contribution < -0.4 is 5.73 Å². The number of hydrogen-bond acceptors (Lipinski definition) is 3. The average molecular weight is 172 g/mol. The van der Waals surface area contributed by atoms with Gasteiger partial charge in [0.1, 0.15) is 0 Å². The molecule has 0 aromatic heterocycles. The van der Waals surface area contributed by atoms with E-state index in [1.54, 1.807) is 4.90 Å². The summed E-state index contributed by atoms with van der Waals surface area (Å²) in [6.45, 7) is 4.61. The summed E-state index contributed by atoms with van der Waals surface area (Å²) in [5.41, 5.74) is 5.55. The summed E-state index contributed by atoms with van der Waals surface area (Å²) >= 11 is 0. The van der Waals surface area contributed by atoms with Crippen LogP contribution in [0.25, 0.3) is 0 Å². The summed E-state index contributed by atoms with van der Waals surface area (Å²) in [4.78, 5) is 12.8. The minimum Gasteiger partial charge on any atom is -0.453 e. The Morgan fingerprint density at radius 1 is 1.67 bits per heavy atom. The maximum Gasteiger partial charge on any atom is 0.409 e. The van der Waals surface area contributed by atoms with Crippen molar-refractivity contribution in [2.45, 2.75) is 31.8 Å². The molecule has 1 unspecified atom stereocenters. The quantitative estimate of drug-likeness (QED) is 0.629. The van der Waals surface area contributed by atoms with E-state index in [4.69, 9.17) is 5.73 Å². The number of nitrogens with two attached hydrogens (primary N) is 1. The van der Waals surface area contributed by atoms with E-state index >= 15 is 0 Å². The Bertz CT molecular complexity index is 186. The molecule has 0 aromatic rings. The number of ether oxygens (including phenoxy) is 1. The van der Waals surface area contributed by atoms with Gasteiger partial charge in [-0.15, -0.1) is 0 Å². The molecule has 0 aliphatic carbocycles. The van der Waals surface area contributed by atoms with Crippen LogP contribution in [0.3, 0.4) is 0 Å². The molecular weight excluding hydrogens is 156 g/mol. The highest BCUT2D eigenvalue weighted by atomic mass is 16.5. The SMILES string of the molecule is COC(=O)N1CCC1C(C)(C)N. The summed E-state index contributed by atoms with van der Waals surface area (Å²) in [6, 6.07) is 0.130. The Kier molecular flexibility index (Phi) is 2.28. The fourth-order valence-electron chi connectivity index (χ4n) is 1.50. The minimum absolute atomic E-state index is 0.130. The molecule has 1 aliphatic rings. The van der Waals surface area contributed by atoms with Gasteiger partial charge in [-0.3, -0.25) is 0 Å². The van der Waals surface area contributed by atoms with Gasteiger partial charge in [-0.25, -0.2) is 4.79 Å². The summed E-state index contributed by atoms with van der Waals surface area (Å²) < 4.78 is 4.61. The summed E-state index contributed by atoms with van der Waals surface area (Å²) in [5.74, 6) is 0. The number of carbonyl (C=O) groups is 1. The van der Waals surface area contributed by atoms with E-state index in [1.807, 2.05) is 13.8 Å². The topological polar surface area (TPSA) is 55.6 Å². The molecule has 0 bridgehead atoms. The zero-order valence-corrected chi connectivity index (χ0v) is 7.83. The number of amides is 1. The van der Waals surface area contributed by atoms with Gasteiger partial charge >= 0.3 is 6.09 Å². The first-order valence-electron chi connectivity index (χ1n) is 4.10. The van der Waals surface area contributed by atoms with Crippen LogP contribution in [0.2, 0.25) is 0 Å². The highest BCUT2D eigenvalue weighted by Crippen LogP contribution is 2.26. The molecule has 1 rings (SSSR count). The van der Waals surface area contributed by atoms with E-state index in [9.17, 15) is 4.79 Å². The molecule has 12 heavy (non-hydrogen) atoms. The van der Waals surface area contributed by atoms with Gasteiger partial charge in [-0.2, -0.15) is 0 Å². The highest BCUT2D eigenvalue weighted by Gasteiger charge is 2.41. The van der Waals surface area contributed by atoms with Crippen LogP contribution >= 0.6 is 0 Å². The van der Waals surface area contributed by atoms with E-state index in [2.05, 4.69) is 4.74 Å². The Balaban J connectivity index is 2.55. The monoisotopic (exact) mass is 172 g/mol. The summed E-state index contributed by atoms with van der Waals surface area (Å²) in [6.07, 6.45) is 0.697. The van der Waals surface area contributed by atoms with Gasteiger partial charge in [0, 0.05) is 12.1 Å². The lowest BCUT2D eigenvalue weighted by atomic mass is 9.86. The fraction of sp³-hybridized carbons (Fsp3) is 0.875. The molecule has 4 heteroatoms. The van der Waals surface area contributed by atoms with Crippen LogP contribution in [-0.2, 0) is 4.74 Å². The van der Waals surface area contributed by atoms with E-state index in [0.29, 0.717) is 0 Å². The van der Waals surface area contributed by atoms with Crippen molar-refractivity contribution < 1.29 is 9.53 Å². The lowest BCUT2D eigenvalue weighted by Gasteiger charge is -2.46. The molecule has 2 N–H and O–H groups in total. The van der Waals surface area contributed by atoms with Gasteiger partial charge in [0.25, 0.3) is 0 Å². The molecular formula is C8H16N2O2. The lowest BCUT2D eigenvalue weighted by Crippen LogP contribution is -2.63. The molecule has 4 nitrogen and oxygen atoms in total. The second-order valence-corrected chi connectivity index (χ2v) is 3.79. The van der Waals surface area contributed by atoms with Crippen molar-refractivity contribution in [2.24, 2.45) is 5.73 Å². The Labute approximate surface area is 72.7 Å². The Morgan fingerprint density at radius 3 is 2.50 bits per heavy atom. The predicted molar refractivity (Wildman–Crippen MR) is 45.8 cm³/mol. The lowest BCUT2D eigenvalue weighted by molar-refractivity contribution is 0.0333. The first kappa shape index (κ1) is 9.32. The van der Waals surface area contributed by atoms with Gasteiger partial charge in [0.05, 0.1) is 13.2 Å². The molecule has 0 saturated carbocycles. The molecule has 1 heterocycles. The van der Waals surface area contributed by atoms with Crippen LogP contribution in [0.15, 0.2) is 0 Å². The molecule has 1 fully saturated rings. The first-order chi connectivity index (χ1) is 5.46. The van der Waals surface area contributed by atoms with E-state index in [0.717, 1.165) is 13.0 Å². The van der Waals surface area contributed by atoms with Gasteiger partial charge in [-0.1, -0.05) is 0 Å². The smallest absolute Gasteiger partial charge is 0.409 e. The third-order valence-corrected chi connectivity index (χ3v) is 2.29. The minimum atomic E-state index is -0.327. The van der Waals surface area contributed by atoms with Crippen molar-refractivity contribution in [1.82, 2.24) is 4.90 Å². The zero-order valence-electron chi connectivity index (χ0n) is 7.83. The van der Waals surface area contributed by atoms with Crippen LogP contribution in [0.4, 0.5) is 4.79 Å². The van der Waals surface area contributed by atoms with Gasteiger partial charge in [0.2, 0.25) is 0 Å². The van der Waals surface area contributed by atoms with Gasteiger partial charge in [-0.05, 0) is 20.3 Å². The number of nitrogens with zero attached hydrogens (tertiary/aromatic N) is 1. The standard InChI is InChI=1S/C8H16N2O2/c1-8(2,9)6-4-5-10(6)7(11)12-3/h6H,4-5,9H2,1-3H3. The van der Waals surface area contributed by atoms with Crippen molar-refractivity contribution in [3.8, 4) is 0 Å². The molecule has 1 amide bonds. The molecule has 0 radical (unpaired) electrons. The fourth-order valence-corrected chi connectivity index (χ4v) is 1.50. The number of likely N-dealkylation sites (tertiary alicyclic amines) is 1. The normalized spacial score (nSPS) is 23.3. The number of carbonyl (C=O) groups excluding carboxylic acids is 1. The van der Waals surface area contributed by atoms with Crippen LogP contribution in [0, 0.1) is 0 Å². The highest BCUT2D eigenvalue weighted by molar-refractivity contribution is 5.69. The van der Waals surface area contributed by atoms with Crippen molar-refractivity contribution in [1.29, 1.82) is 0 Å². The second-order valence-electron chi connectivity index (χ2n) is 3.79. The summed E-state index contributed by atoms with van der Waals surface area (Å²) in [7, 11) is 1.39. The molecule has 70 valence electrons. The summed E-state index contributed by atoms with van der Waals surface area (Å²) in [5, 5.41) is 0. The molecule has 0 aromatic carbocycles. The maximum atomic E-state index is 11.1. The average Bonchev–Trinajstić information content (AvgIpc) is 1.80.